The van der Waals surface area contributed by atoms with Gasteiger partial charge in [-0.1, -0.05) is 69.9 Å². The monoisotopic (exact) mass is 387 g/mol. The molecule has 3 heteroatoms. The van der Waals surface area contributed by atoms with E-state index in [0.29, 0.717) is 22.6 Å². The third kappa shape index (κ3) is 4.50. The zero-order valence-electron chi connectivity index (χ0n) is 16.7. The summed E-state index contributed by atoms with van der Waals surface area (Å²) in [5, 5.41) is 0. The molecule has 0 radical (unpaired) electrons. The van der Waals surface area contributed by atoms with Gasteiger partial charge in [-0.25, -0.2) is 0 Å². The number of hydrogen-bond acceptors (Lipinski definition) is 2. The van der Waals surface area contributed by atoms with Crippen LogP contribution in [0.3, 0.4) is 0 Å². The predicted molar refractivity (Wildman–Crippen MR) is 111 cm³/mol. The first kappa shape index (κ1) is 19.6. The highest BCUT2D eigenvalue weighted by Gasteiger charge is 2.28. The van der Waals surface area contributed by atoms with Crippen molar-refractivity contribution in [3.63, 3.8) is 0 Å². The Morgan fingerprint density at radius 2 is 1.00 bits per heavy atom. The fraction of sp³-hybridized carbons (Fsp3) is 0.750. The fourth-order valence-corrected chi connectivity index (χ4v) is 6.83. The van der Waals surface area contributed by atoms with E-state index >= 15 is 0 Å². The van der Waals surface area contributed by atoms with Crippen molar-refractivity contribution in [1.82, 2.24) is 0 Å². The van der Waals surface area contributed by atoms with Gasteiger partial charge in [0, 0.05) is 4.90 Å². The topological polar surface area (TPSA) is 40.1 Å². The van der Waals surface area contributed by atoms with Gasteiger partial charge < -0.3 is 4.55 Å². The molecular formula is C24H35O2S-. The van der Waals surface area contributed by atoms with E-state index in [1.807, 2.05) is 0 Å². The third-order valence-electron chi connectivity index (χ3n) is 7.50. The molecular weight excluding hydrogens is 352 g/mol. The summed E-state index contributed by atoms with van der Waals surface area (Å²) in [6.07, 6.45) is 18.9. The zero-order valence-corrected chi connectivity index (χ0v) is 17.5. The second-order valence-electron chi connectivity index (χ2n) is 9.27. The van der Waals surface area contributed by atoms with Gasteiger partial charge in [0.15, 0.2) is 0 Å². The first-order chi connectivity index (χ1) is 13.2. The molecule has 0 saturated heterocycles. The minimum absolute atomic E-state index is 0.456. The van der Waals surface area contributed by atoms with Crippen molar-refractivity contribution >= 4 is 11.1 Å². The molecule has 150 valence electrons. The lowest BCUT2D eigenvalue weighted by molar-refractivity contribution is 0.417. The maximum atomic E-state index is 12.4. The summed E-state index contributed by atoms with van der Waals surface area (Å²) in [6, 6.07) is 4.67. The van der Waals surface area contributed by atoms with Crippen LogP contribution in [0.5, 0.6) is 0 Å². The van der Waals surface area contributed by atoms with Gasteiger partial charge in [0.2, 0.25) is 0 Å². The lowest BCUT2D eigenvalue weighted by Crippen LogP contribution is -2.16. The molecule has 0 aliphatic heterocycles. The van der Waals surface area contributed by atoms with Crippen LogP contribution in [0.25, 0.3) is 0 Å². The van der Waals surface area contributed by atoms with Crippen LogP contribution in [0.2, 0.25) is 0 Å². The van der Waals surface area contributed by atoms with E-state index in [4.69, 9.17) is 0 Å². The smallest absolute Gasteiger partial charge is 0.0318 e. The largest absolute Gasteiger partial charge is 0.768 e. The third-order valence-corrected chi connectivity index (χ3v) is 8.31. The second-order valence-corrected chi connectivity index (χ2v) is 10.1. The highest BCUT2D eigenvalue weighted by Crippen LogP contribution is 2.44. The molecule has 1 atom stereocenters. The molecule has 1 aromatic rings. The molecule has 2 nitrogen and oxygen atoms in total. The van der Waals surface area contributed by atoms with E-state index in [-0.39, 0.29) is 0 Å². The van der Waals surface area contributed by atoms with E-state index in [9.17, 15) is 8.76 Å². The summed E-state index contributed by atoms with van der Waals surface area (Å²) in [6.45, 7) is 0. The molecule has 0 heterocycles. The van der Waals surface area contributed by atoms with E-state index < -0.39 is 11.1 Å². The SMILES string of the molecule is O=S([O-])c1c(C2CCCCC2)cc(C2CCCCC2)cc1C1CCCCC1. The molecule has 0 aromatic heterocycles. The van der Waals surface area contributed by atoms with Gasteiger partial charge in [-0.3, -0.25) is 4.21 Å². The Labute approximate surface area is 167 Å². The van der Waals surface area contributed by atoms with Gasteiger partial charge in [0.05, 0.1) is 0 Å². The van der Waals surface area contributed by atoms with Gasteiger partial charge in [-0.15, -0.1) is 0 Å². The van der Waals surface area contributed by atoms with Crippen LogP contribution in [0.1, 0.15) is 131 Å². The maximum absolute atomic E-state index is 12.4. The molecule has 0 bridgehead atoms. The summed E-state index contributed by atoms with van der Waals surface area (Å²) in [5.74, 6) is 1.56. The summed E-state index contributed by atoms with van der Waals surface area (Å²) < 4.78 is 24.8. The highest BCUT2D eigenvalue weighted by atomic mass is 32.2. The number of rotatable bonds is 4. The zero-order chi connectivity index (χ0) is 18.6. The highest BCUT2D eigenvalue weighted by molar-refractivity contribution is 7.79. The van der Waals surface area contributed by atoms with Crippen LogP contribution in [0.15, 0.2) is 17.0 Å². The molecule has 27 heavy (non-hydrogen) atoms. The molecule has 3 aliphatic carbocycles. The molecule has 3 saturated carbocycles. The predicted octanol–water partition coefficient (Wildman–Crippen LogP) is 7.07. The summed E-state index contributed by atoms with van der Waals surface area (Å²) in [5.41, 5.74) is 3.84. The molecule has 0 amide bonds. The van der Waals surface area contributed by atoms with Crippen molar-refractivity contribution in [2.45, 2.75) is 119 Å². The van der Waals surface area contributed by atoms with Gasteiger partial charge in [0.25, 0.3) is 0 Å². The summed E-state index contributed by atoms with van der Waals surface area (Å²) in [4.78, 5) is 0.702. The van der Waals surface area contributed by atoms with Gasteiger partial charge in [-0.2, -0.15) is 0 Å². The molecule has 3 aliphatic rings. The first-order valence-electron chi connectivity index (χ1n) is 11.5. The van der Waals surface area contributed by atoms with E-state index in [2.05, 4.69) is 12.1 Å². The van der Waals surface area contributed by atoms with Crippen molar-refractivity contribution in [2.24, 2.45) is 0 Å². The van der Waals surface area contributed by atoms with E-state index in [1.165, 1.54) is 113 Å². The van der Waals surface area contributed by atoms with Crippen LogP contribution >= 0.6 is 0 Å². The van der Waals surface area contributed by atoms with Crippen molar-refractivity contribution in [2.75, 3.05) is 0 Å². The van der Waals surface area contributed by atoms with Crippen LogP contribution in [0.4, 0.5) is 0 Å². The Balaban J connectivity index is 1.79. The minimum atomic E-state index is -2.12. The average Bonchev–Trinajstić information content (AvgIpc) is 2.74. The molecule has 1 aromatic carbocycles. The molecule has 1 unspecified atom stereocenters. The van der Waals surface area contributed by atoms with Gasteiger partial charge in [-0.05, 0) is 84.0 Å². The number of benzene rings is 1. The minimum Gasteiger partial charge on any atom is -0.768 e. The van der Waals surface area contributed by atoms with Crippen LogP contribution in [0, 0.1) is 0 Å². The number of hydrogen-bond donors (Lipinski definition) is 0. The van der Waals surface area contributed by atoms with Crippen molar-refractivity contribution in [3.05, 3.63) is 28.8 Å². The van der Waals surface area contributed by atoms with Crippen molar-refractivity contribution < 1.29 is 8.76 Å². The Morgan fingerprint density at radius 3 is 1.37 bits per heavy atom. The molecule has 0 spiro atoms. The lowest BCUT2D eigenvalue weighted by atomic mass is 9.76. The van der Waals surface area contributed by atoms with E-state index in [1.54, 1.807) is 0 Å². The molecule has 3 fully saturated rings. The normalized spacial score (nSPS) is 24.8. The van der Waals surface area contributed by atoms with Crippen LogP contribution in [-0.2, 0) is 11.1 Å². The maximum Gasteiger partial charge on any atom is 0.0318 e. The second kappa shape index (κ2) is 9.22. The Kier molecular flexibility index (Phi) is 6.70. The quantitative estimate of drug-likeness (QED) is 0.518. The van der Waals surface area contributed by atoms with Crippen molar-refractivity contribution in [3.8, 4) is 0 Å². The van der Waals surface area contributed by atoms with E-state index in [0.717, 1.165) is 0 Å². The Morgan fingerprint density at radius 1 is 0.630 bits per heavy atom. The van der Waals surface area contributed by atoms with Crippen LogP contribution < -0.4 is 0 Å². The average molecular weight is 388 g/mol. The Hall–Kier alpha value is -0.670. The fourth-order valence-electron chi connectivity index (χ4n) is 6.00. The van der Waals surface area contributed by atoms with Crippen molar-refractivity contribution in [1.29, 1.82) is 0 Å². The lowest BCUT2D eigenvalue weighted by Gasteiger charge is -2.33. The molecule has 0 N–H and O–H groups in total. The standard InChI is InChI=1S/C24H36O2S/c25-27(26)24-22(19-12-6-2-7-13-19)16-21(18-10-4-1-5-11-18)17-23(24)20-14-8-3-9-15-20/h16-20H,1-15H2,(H,25,26)/p-1. The first-order valence-corrected chi connectivity index (χ1v) is 12.6. The molecule has 4 rings (SSSR count). The summed E-state index contributed by atoms with van der Waals surface area (Å²) >= 11 is -2.12. The van der Waals surface area contributed by atoms with Gasteiger partial charge >= 0.3 is 0 Å². The van der Waals surface area contributed by atoms with Gasteiger partial charge in [0.1, 0.15) is 0 Å². The summed E-state index contributed by atoms with van der Waals surface area (Å²) in [7, 11) is 0. The van der Waals surface area contributed by atoms with Crippen LogP contribution in [-0.4, -0.2) is 8.76 Å². The Bertz CT molecular complexity index is 611.